The van der Waals surface area contributed by atoms with E-state index in [1.54, 1.807) is 30.3 Å². The minimum Gasteiger partial charge on any atom is -0.514 e. The Balaban J connectivity index is 2.47. The van der Waals surface area contributed by atoms with Gasteiger partial charge in [-0.05, 0) is 17.7 Å². The molecule has 2 rings (SSSR count). The highest BCUT2D eigenvalue weighted by Gasteiger charge is 2.21. The van der Waals surface area contributed by atoms with Gasteiger partial charge in [-0.2, -0.15) is 15.6 Å². The van der Waals surface area contributed by atoms with Crippen molar-refractivity contribution in [2.75, 3.05) is 0 Å². The molecule has 0 aromatic heterocycles. The van der Waals surface area contributed by atoms with Crippen LogP contribution in [0.4, 0.5) is 0 Å². The Bertz CT molecular complexity index is 824. The summed E-state index contributed by atoms with van der Waals surface area (Å²) in [6, 6.07) is 11.1. The number of rotatable bonds is 3. The van der Waals surface area contributed by atoms with E-state index < -0.39 is 0 Å². The molecule has 1 aliphatic rings. The van der Waals surface area contributed by atoms with Gasteiger partial charge in [0.05, 0.1) is 35.4 Å². The van der Waals surface area contributed by atoms with E-state index in [0.717, 1.165) is 11.3 Å². The van der Waals surface area contributed by atoms with E-state index >= 15 is 0 Å². The minimum atomic E-state index is 0.108. The third kappa shape index (κ3) is 3.52. The zero-order valence-electron chi connectivity index (χ0n) is 11.9. The molecule has 0 spiro atoms. The van der Waals surface area contributed by atoms with E-state index in [2.05, 4.69) is 11.2 Å². The fourth-order valence-corrected chi connectivity index (χ4v) is 2.16. The standard InChI is InChI=1S/C16H12ClN5O/c17-14-4-2-1-3-11(14)7-12(9-18)15-8-13(10-19)16(20)22(21-15)5-6-23/h1-7,23H,8,20H2/b6-5+,12-7+. The lowest BCUT2D eigenvalue weighted by molar-refractivity contribution is 0.421. The van der Waals surface area contributed by atoms with Crippen LogP contribution in [0.15, 0.2) is 58.8 Å². The number of aliphatic hydroxyl groups is 1. The van der Waals surface area contributed by atoms with Crippen molar-refractivity contribution in [2.24, 2.45) is 10.8 Å². The van der Waals surface area contributed by atoms with E-state index in [-0.39, 0.29) is 23.4 Å². The number of hydrazone groups is 1. The number of halogens is 1. The molecule has 0 bridgehead atoms. The lowest BCUT2D eigenvalue weighted by atomic mass is 10.0. The van der Waals surface area contributed by atoms with E-state index in [4.69, 9.17) is 22.4 Å². The number of aliphatic hydroxyl groups excluding tert-OH is 1. The summed E-state index contributed by atoms with van der Waals surface area (Å²) < 4.78 is 0. The number of benzene rings is 1. The van der Waals surface area contributed by atoms with E-state index in [0.29, 0.717) is 16.3 Å². The molecule has 1 aromatic rings. The van der Waals surface area contributed by atoms with Gasteiger partial charge in [0.1, 0.15) is 11.9 Å². The van der Waals surface area contributed by atoms with Crippen molar-refractivity contribution in [1.29, 1.82) is 10.5 Å². The van der Waals surface area contributed by atoms with Gasteiger partial charge in [0, 0.05) is 11.4 Å². The van der Waals surface area contributed by atoms with Crippen molar-refractivity contribution in [3.8, 4) is 12.1 Å². The highest BCUT2D eigenvalue weighted by Crippen LogP contribution is 2.24. The Kier molecular flexibility index (Phi) is 5.03. The summed E-state index contributed by atoms with van der Waals surface area (Å²) in [5.41, 5.74) is 7.33. The molecule has 7 heteroatoms. The number of nitrogens with zero attached hydrogens (tertiary/aromatic N) is 4. The van der Waals surface area contributed by atoms with Crippen molar-refractivity contribution in [2.45, 2.75) is 6.42 Å². The summed E-state index contributed by atoms with van der Waals surface area (Å²) in [5.74, 6) is 0.108. The molecule has 0 saturated carbocycles. The average Bonchev–Trinajstić information content (AvgIpc) is 2.56. The van der Waals surface area contributed by atoms with Crippen LogP contribution in [0, 0.1) is 22.7 Å². The zero-order chi connectivity index (χ0) is 16.8. The number of allylic oxidation sites excluding steroid dienone is 2. The van der Waals surface area contributed by atoms with Crippen LogP contribution in [0.1, 0.15) is 12.0 Å². The number of hydrogen-bond donors (Lipinski definition) is 2. The lowest BCUT2D eigenvalue weighted by Crippen LogP contribution is -2.26. The molecule has 0 amide bonds. The first-order valence-corrected chi connectivity index (χ1v) is 6.91. The van der Waals surface area contributed by atoms with Crippen LogP contribution in [0.3, 0.4) is 0 Å². The molecular formula is C16H12ClN5O. The van der Waals surface area contributed by atoms with Crippen LogP contribution in [0.25, 0.3) is 6.08 Å². The Morgan fingerprint density at radius 1 is 1.39 bits per heavy atom. The molecule has 1 aliphatic heterocycles. The number of hydrogen-bond acceptors (Lipinski definition) is 6. The van der Waals surface area contributed by atoms with E-state index in [1.165, 1.54) is 6.20 Å². The number of nitrogens with two attached hydrogens (primary N) is 1. The second-order valence-electron chi connectivity index (χ2n) is 4.53. The van der Waals surface area contributed by atoms with E-state index in [9.17, 15) is 10.5 Å². The van der Waals surface area contributed by atoms with Crippen LogP contribution in [0.5, 0.6) is 0 Å². The summed E-state index contributed by atoms with van der Waals surface area (Å²) >= 11 is 6.09. The molecule has 0 unspecified atom stereocenters. The van der Waals surface area contributed by atoms with Crippen LogP contribution >= 0.6 is 11.6 Å². The van der Waals surface area contributed by atoms with Gasteiger partial charge in [-0.25, -0.2) is 5.01 Å². The normalized spacial score (nSPS) is 15.3. The maximum absolute atomic E-state index is 9.41. The van der Waals surface area contributed by atoms with Gasteiger partial charge in [-0.3, -0.25) is 0 Å². The van der Waals surface area contributed by atoms with Gasteiger partial charge < -0.3 is 10.8 Å². The Hall–Kier alpha value is -3.22. The van der Waals surface area contributed by atoms with Gasteiger partial charge in [0.15, 0.2) is 0 Å². The minimum absolute atomic E-state index is 0.108. The predicted molar refractivity (Wildman–Crippen MR) is 87.5 cm³/mol. The van der Waals surface area contributed by atoms with E-state index in [1.807, 2.05) is 6.07 Å². The van der Waals surface area contributed by atoms with Crippen molar-refractivity contribution < 1.29 is 5.11 Å². The molecule has 1 aromatic carbocycles. The van der Waals surface area contributed by atoms with Crippen LogP contribution in [-0.4, -0.2) is 15.8 Å². The Labute approximate surface area is 138 Å². The van der Waals surface area contributed by atoms with Crippen LogP contribution in [0.2, 0.25) is 5.02 Å². The molecule has 1 heterocycles. The summed E-state index contributed by atoms with van der Waals surface area (Å²) in [4.78, 5) is 0. The first-order chi connectivity index (χ1) is 11.1. The molecule has 114 valence electrons. The fraction of sp³-hybridized carbons (Fsp3) is 0.0625. The molecule has 3 N–H and O–H groups in total. The molecule has 23 heavy (non-hydrogen) atoms. The second-order valence-corrected chi connectivity index (χ2v) is 4.94. The third-order valence-electron chi connectivity index (χ3n) is 3.11. The highest BCUT2D eigenvalue weighted by molar-refractivity contribution is 6.32. The summed E-state index contributed by atoms with van der Waals surface area (Å²) in [5, 5.41) is 33.3. The van der Waals surface area contributed by atoms with Gasteiger partial charge in [0.2, 0.25) is 0 Å². The summed E-state index contributed by atoms with van der Waals surface area (Å²) in [6.07, 6.45) is 3.66. The summed E-state index contributed by atoms with van der Waals surface area (Å²) in [7, 11) is 0. The maximum Gasteiger partial charge on any atom is 0.139 e. The van der Waals surface area contributed by atoms with Crippen molar-refractivity contribution >= 4 is 23.4 Å². The average molecular weight is 326 g/mol. The first-order valence-electron chi connectivity index (χ1n) is 6.53. The SMILES string of the molecule is N#CC1=C(N)N(/C=C/O)N=C(/C(C#N)=C/c2ccccc2Cl)C1. The topological polar surface area (TPSA) is 109 Å². The van der Waals surface area contributed by atoms with Crippen molar-refractivity contribution in [3.05, 3.63) is 64.3 Å². The maximum atomic E-state index is 9.41. The number of nitriles is 2. The Morgan fingerprint density at radius 2 is 2.13 bits per heavy atom. The highest BCUT2D eigenvalue weighted by atomic mass is 35.5. The second kappa shape index (κ2) is 7.17. The molecular weight excluding hydrogens is 314 g/mol. The van der Waals surface area contributed by atoms with Gasteiger partial charge >= 0.3 is 0 Å². The van der Waals surface area contributed by atoms with Crippen LogP contribution in [-0.2, 0) is 0 Å². The quantitative estimate of drug-likeness (QED) is 0.655. The predicted octanol–water partition coefficient (Wildman–Crippen LogP) is 3.03. The molecule has 0 radical (unpaired) electrons. The molecule has 0 aliphatic carbocycles. The Morgan fingerprint density at radius 3 is 2.74 bits per heavy atom. The fourth-order valence-electron chi connectivity index (χ4n) is 1.97. The summed E-state index contributed by atoms with van der Waals surface area (Å²) in [6.45, 7) is 0. The third-order valence-corrected chi connectivity index (χ3v) is 3.45. The first kappa shape index (κ1) is 16.2. The van der Waals surface area contributed by atoms with Gasteiger partial charge in [-0.15, -0.1) is 0 Å². The largest absolute Gasteiger partial charge is 0.514 e. The lowest BCUT2D eigenvalue weighted by Gasteiger charge is -2.22. The van der Waals surface area contributed by atoms with Crippen LogP contribution < -0.4 is 5.73 Å². The molecule has 6 nitrogen and oxygen atoms in total. The van der Waals surface area contributed by atoms with Gasteiger partial charge in [-0.1, -0.05) is 29.8 Å². The molecule has 0 fully saturated rings. The zero-order valence-corrected chi connectivity index (χ0v) is 12.7. The molecule has 0 saturated heterocycles. The van der Waals surface area contributed by atoms with Gasteiger partial charge in [0.25, 0.3) is 0 Å². The smallest absolute Gasteiger partial charge is 0.139 e. The van der Waals surface area contributed by atoms with Crippen molar-refractivity contribution in [3.63, 3.8) is 0 Å². The molecule has 0 atom stereocenters. The monoisotopic (exact) mass is 325 g/mol. The van der Waals surface area contributed by atoms with Crippen molar-refractivity contribution in [1.82, 2.24) is 5.01 Å².